The molecule has 2 N–H and O–H groups in total. The molecule has 0 bridgehead atoms. The molecule has 0 spiro atoms. The minimum absolute atomic E-state index is 0.172. The molecule has 0 fully saturated rings. The van der Waals surface area contributed by atoms with Crippen LogP contribution in [0, 0.1) is 0 Å². The van der Waals surface area contributed by atoms with E-state index in [1.807, 2.05) is 6.08 Å². The Labute approximate surface area is 93.6 Å². The van der Waals surface area contributed by atoms with E-state index in [1.165, 1.54) is 19.3 Å². The van der Waals surface area contributed by atoms with Crippen molar-refractivity contribution in [3.63, 3.8) is 0 Å². The Morgan fingerprint density at radius 1 is 1.27 bits per heavy atom. The van der Waals surface area contributed by atoms with Gasteiger partial charge in [-0.15, -0.1) is 6.58 Å². The molecule has 0 radical (unpaired) electrons. The van der Waals surface area contributed by atoms with Crippen LogP contribution in [0.4, 0.5) is 0 Å². The van der Waals surface area contributed by atoms with Gasteiger partial charge in [0, 0.05) is 13.2 Å². The van der Waals surface area contributed by atoms with E-state index in [-0.39, 0.29) is 6.04 Å². The molecule has 0 heterocycles. The first-order valence-electron chi connectivity index (χ1n) is 5.74. The number of unbranched alkanes of at least 4 members (excludes halogenated alkanes) is 3. The monoisotopic (exact) mass is 215 g/mol. The zero-order valence-corrected chi connectivity index (χ0v) is 9.91. The molecule has 0 aliphatic heterocycles. The van der Waals surface area contributed by atoms with Gasteiger partial charge in [-0.2, -0.15) is 0 Å². The Balaban J connectivity index is 3.11. The van der Waals surface area contributed by atoms with Crippen LogP contribution in [0.25, 0.3) is 0 Å². The molecule has 0 amide bonds. The highest BCUT2D eigenvalue weighted by molar-refractivity contribution is 4.66. The van der Waals surface area contributed by atoms with Gasteiger partial charge in [0.25, 0.3) is 0 Å². The molecule has 0 saturated heterocycles. The summed E-state index contributed by atoms with van der Waals surface area (Å²) in [4.78, 5) is 0. The van der Waals surface area contributed by atoms with Gasteiger partial charge in [0.15, 0.2) is 0 Å². The van der Waals surface area contributed by atoms with Crippen molar-refractivity contribution in [3.8, 4) is 0 Å². The molecule has 0 aromatic heterocycles. The fraction of sp³-hybridized carbons (Fsp3) is 0.833. The lowest BCUT2D eigenvalue weighted by Crippen LogP contribution is -2.26. The second-order valence-electron chi connectivity index (χ2n) is 3.75. The lowest BCUT2D eigenvalue weighted by molar-refractivity contribution is 0.0624. The SMILES string of the molecule is C=CCCCCCC(N)COCCOC. The zero-order valence-electron chi connectivity index (χ0n) is 9.91. The Morgan fingerprint density at radius 3 is 2.73 bits per heavy atom. The summed E-state index contributed by atoms with van der Waals surface area (Å²) in [6.07, 6.45) is 7.76. The van der Waals surface area contributed by atoms with Crippen molar-refractivity contribution < 1.29 is 9.47 Å². The molecule has 15 heavy (non-hydrogen) atoms. The molecule has 0 aromatic rings. The van der Waals surface area contributed by atoms with Gasteiger partial charge in [0.2, 0.25) is 0 Å². The van der Waals surface area contributed by atoms with E-state index in [0.29, 0.717) is 19.8 Å². The normalized spacial score (nSPS) is 12.7. The van der Waals surface area contributed by atoms with E-state index < -0.39 is 0 Å². The third-order valence-electron chi connectivity index (χ3n) is 2.25. The third-order valence-corrected chi connectivity index (χ3v) is 2.25. The van der Waals surface area contributed by atoms with Crippen molar-refractivity contribution in [1.82, 2.24) is 0 Å². The fourth-order valence-corrected chi connectivity index (χ4v) is 1.33. The summed E-state index contributed by atoms with van der Waals surface area (Å²) in [5.41, 5.74) is 5.88. The molecule has 1 atom stereocenters. The maximum absolute atomic E-state index is 5.88. The van der Waals surface area contributed by atoms with E-state index in [4.69, 9.17) is 15.2 Å². The predicted octanol–water partition coefficient (Wildman–Crippen LogP) is 2.11. The van der Waals surface area contributed by atoms with Crippen LogP contribution in [0.2, 0.25) is 0 Å². The van der Waals surface area contributed by atoms with Crippen LogP contribution in [0.3, 0.4) is 0 Å². The Hall–Kier alpha value is -0.380. The summed E-state index contributed by atoms with van der Waals surface area (Å²) in [6.45, 7) is 5.62. The molecule has 90 valence electrons. The Morgan fingerprint density at radius 2 is 2.07 bits per heavy atom. The molecule has 0 saturated carbocycles. The summed E-state index contributed by atoms with van der Waals surface area (Å²) >= 11 is 0. The number of ether oxygens (including phenoxy) is 2. The summed E-state index contributed by atoms with van der Waals surface area (Å²) in [7, 11) is 1.67. The quantitative estimate of drug-likeness (QED) is 0.424. The van der Waals surface area contributed by atoms with Gasteiger partial charge in [-0.25, -0.2) is 0 Å². The maximum Gasteiger partial charge on any atom is 0.0701 e. The molecule has 0 aliphatic rings. The van der Waals surface area contributed by atoms with Gasteiger partial charge in [-0.3, -0.25) is 0 Å². The minimum Gasteiger partial charge on any atom is -0.382 e. The fourth-order valence-electron chi connectivity index (χ4n) is 1.33. The van der Waals surface area contributed by atoms with Crippen molar-refractivity contribution in [2.45, 2.75) is 38.1 Å². The first-order chi connectivity index (χ1) is 7.31. The van der Waals surface area contributed by atoms with Gasteiger partial charge in [-0.05, 0) is 19.3 Å². The van der Waals surface area contributed by atoms with Gasteiger partial charge in [0.1, 0.15) is 0 Å². The average molecular weight is 215 g/mol. The summed E-state index contributed by atoms with van der Waals surface area (Å²) in [6, 6.07) is 0.172. The number of allylic oxidation sites excluding steroid dienone is 1. The van der Waals surface area contributed by atoms with Crippen LogP contribution in [0.15, 0.2) is 12.7 Å². The molecule has 0 aromatic carbocycles. The lowest BCUT2D eigenvalue weighted by atomic mass is 10.1. The largest absolute Gasteiger partial charge is 0.382 e. The Bertz CT molecular complexity index is 140. The zero-order chi connectivity index (χ0) is 11.4. The van der Waals surface area contributed by atoms with E-state index >= 15 is 0 Å². The van der Waals surface area contributed by atoms with Crippen LogP contribution in [0.5, 0.6) is 0 Å². The molecular formula is C12H25NO2. The number of nitrogens with two attached hydrogens (primary N) is 1. The number of hydrogen-bond acceptors (Lipinski definition) is 3. The highest BCUT2D eigenvalue weighted by Crippen LogP contribution is 2.05. The minimum atomic E-state index is 0.172. The van der Waals surface area contributed by atoms with Gasteiger partial charge in [-0.1, -0.05) is 18.9 Å². The average Bonchev–Trinajstić information content (AvgIpc) is 2.24. The number of rotatable bonds is 11. The molecule has 3 heteroatoms. The summed E-state index contributed by atoms with van der Waals surface area (Å²) < 4.78 is 10.2. The lowest BCUT2D eigenvalue weighted by Gasteiger charge is -2.11. The van der Waals surface area contributed by atoms with Crippen LogP contribution < -0.4 is 5.73 Å². The van der Waals surface area contributed by atoms with E-state index in [2.05, 4.69) is 6.58 Å². The second-order valence-corrected chi connectivity index (χ2v) is 3.75. The summed E-state index contributed by atoms with van der Waals surface area (Å²) in [5.74, 6) is 0. The van der Waals surface area contributed by atoms with Crippen molar-refractivity contribution >= 4 is 0 Å². The molecule has 0 aliphatic carbocycles. The van der Waals surface area contributed by atoms with E-state index in [0.717, 1.165) is 12.8 Å². The maximum atomic E-state index is 5.88. The van der Waals surface area contributed by atoms with Crippen molar-refractivity contribution in [2.24, 2.45) is 5.73 Å². The van der Waals surface area contributed by atoms with Crippen molar-refractivity contribution in [3.05, 3.63) is 12.7 Å². The molecule has 1 unspecified atom stereocenters. The van der Waals surface area contributed by atoms with Crippen molar-refractivity contribution in [2.75, 3.05) is 26.9 Å². The highest BCUT2D eigenvalue weighted by atomic mass is 16.5. The second kappa shape index (κ2) is 11.7. The first-order valence-corrected chi connectivity index (χ1v) is 5.74. The van der Waals surface area contributed by atoms with Crippen molar-refractivity contribution in [1.29, 1.82) is 0 Å². The van der Waals surface area contributed by atoms with Crippen LogP contribution >= 0.6 is 0 Å². The summed E-state index contributed by atoms with van der Waals surface area (Å²) in [5, 5.41) is 0. The smallest absolute Gasteiger partial charge is 0.0701 e. The Kier molecular flexibility index (Phi) is 11.4. The van der Waals surface area contributed by atoms with Crippen LogP contribution in [0.1, 0.15) is 32.1 Å². The van der Waals surface area contributed by atoms with Gasteiger partial charge < -0.3 is 15.2 Å². The topological polar surface area (TPSA) is 44.5 Å². The standard InChI is InChI=1S/C12H25NO2/c1-3-4-5-6-7-8-12(13)11-15-10-9-14-2/h3,12H,1,4-11,13H2,2H3. The third kappa shape index (κ3) is 11.5. The first kappa shape index (κ1) is 14.6. The van der Waals surface area contributed by atoms with Crippen LogP contribution in [-0.4, -0.2) is 33.0 Å². The van der Waals surface area contributed by atoms with Gasteiger partial charge in [0.05, 0.1) is 19.8 Å². The number of methoxy groups -OCH3 is 1. The van der Waals surface area contributed by atoms with Crippen LogP contribution in [-0.2, 0) is 9.47 Å². The molecule has 0 rings (SSSR count). The predicted molar refractivity (Wildman–Crippen MR) is 64.0 cm³/mol. The molecular weight excluding hydrogens is 190 g/mol. The number of hydrogen-bond donors (Lipinski definition) is 1. The van der Waals surface area contributed by atoms with Gasteiger partial charge >= 0.3 is 0 Å². The van der Waals surface area contributed by atoms with E-state index in [1.54, 1.807) is 7.11 Å². The van der Waals surface area contributed by atoms with E-state index in [9.17, 15) is 0 Å². The highest BCUT2D eigenvalue weighted by Gasteiger charge is 2.01. The molecule has 3 nitrogen and oxygen atoms in total.